The number of aromatic nitrogens is 1. The third-order valence-corrected chi connectivity index (χ3v) is 1.71. The highest BCUT2D eigenvalue weighted by atomic mass is 16.5. The molecule has 0 saturated carbocycles. The van der Waals surface area contributed by atoms with E-state index >= 15 is 0 Å². The molecular weight excluding hydrogens is 180 g/mol. The summed E-state index contributed by atoms with van der Waals surface area (Å²) in [5, 5.41) is 0. The van der Waals surface area contributed by atoms with Crippen molar-refractivity contribution in [1.82, 2.24) is 4.98 Å². The molecule has 2 N–H and O–H groups in total. The molecule has 0 aromatic carbocycles. The summed E-state index contributed by atoms with van der Waals surface area (Å²) in [5.74, 6) is 1.05. The van der Waals surface area contributed by atoms with Crippen molar-refractivity contribution in [2.45, 2.75) is 13.8 Å². The molecule has 0 bridgehead atoms. The summed E-state index contributed by atoms with van der Waals surface area (Å²) in [6, 6.07) is 3.69. The number of hydrogen-bond acceptors (Lipinski definition) is 4. The summed E-state index contributed by atoms with van der Waals surface area (Å²) in [6.45, 7) is 5.61. The van der Waals surface area contributed by atoms with E-state index in [2.05, 4.69) is 4.98 Å². The Kier molecular flexibility index (Phi) is 4.19. The summed E-state index contributed by atoms with van der Waals surface area (Å²) in [7, 11) is 0. The van der Waals surface area contributed by atoms with E-state index in [1.807, 2.05) is 26.0 Å². The summed E-state index contributed by atoms with van der Waals surface area (Å²) in [5.41, 5.74) is 6.55. The van der Waals surface area contributed by atoms with Gasteiger partial charge >= 0.3 is 0 Å². The topological polar surface area (TPSA) is 57.4 Å². The molecule has 4 heteroatoms. The molecule has 0 aliphatic carbocycles. The molecule has 0 saturated heterocycles. The molecular formula is C10H16N2O2. The maximum absolute atomic E-state index is 5.66. The van der Waals surface area contributed by atoms with Crippen LogP contribution in [0, 0.1) is 6.92 Å². The van der Waals surface area contributed by atoms with Crippen LogP contribution in [0.5, 0.6) is 5.75 Å². The van der Waals surface area contributed by atoms with Crippen molar-refractivity contribution in [3.05, 3.63) is 17.8 Å². The molecule has 1 aromatic heterocycles. The largest absolute Gasteiger partial charge is 0.487 e. The Morgan fingerprint density at radius 3 is 2.79 bits per heavy atom. The molecule has 0 atom stereocenters. The monoisotopic (exact) mass is 196 g/mol. The average Bonchev–Trinajstić information content (AvgIpc) is 2.15. The highest BCUT2D eigenvalue weighted by Gasteiger charge is 2.00. The van der Waals surface area contributed by atoms with Crippen molar-refractivity contribution in [2.75, 3.05) is 25.6 Å². The van der Waals surface area contributed by atoms with Gasteiger partial charge in [-0.2, -0.15) is 0 Å². The van der Waals surface area contributed by atoms with Crippen molar-refractivity contribution in [1.29, 1.82) is 0 Å². The fourth-order valence-corrected chi connectivity index (χ4v) is 1.04. The van der Waals surface area contributed by atoms with E-state index in [1.165, 1.54) is 0 Å². The molecule has 14 heavy (non-hydrogen) atoms. The van der Waals surface area contributed by atoms with Gasteiger partial charge in [-0.25, -0.2) is 4.98 Å². The molecule has 0 aliphatic rings. The van der Waals surface area contributed by atoms with Crippen LogP contribution in [0.2, 0.25) is 0 Å². The van der Waals surface area contributed by atoms with Crippen LogP contribution in [0.15, 0.2) is 12.1 Å². The second-order valence-corrected chi connectivity index (χ2v) is 2.88. The van der Waals surface area contributed by atoms with Crippen molar-refractivity contribution >= 4 is 5.82 Å². The predicted octanol–water partition coefficient (Wildman–Crippen LogP) is 1.39. The summed E-state index contributed by atoms with van der Waals surface area (Å²) >= 11 is 0. The lowest BCUT2D eigenvalue weighted by Gasteiger charge is -2.08. The van der Waals surface area contributed by atoms with Crippen molar-refractivity contribution < 1.29 is 9.47 Å². The molecule has 0 radical (unpaired) electrons. The lowest BCUT2D eigenvalue weighted by Crippen LogP contribution is -2.08. The molecule has 1 aromatic rings. The molecule has 0 aliphatic heterocycles. The Bertz CT molecular complexity index is 289. The first-order valence-corrected chi connectivity index (χ1v) is 4.67. The minimum Gasteiger partial charge on any atom is -0.487 e. The molecule has 0 amide bonds. The minimum atomic E-state index is 0.432. The van der Waals surface area contributed by atoms with E-state index in [9.17, 15) is 0 Å². The van der Waals surface area contributed by atoms with Crippen LogP contribution >= 0.6 is 0 Å². The van der Waals surface area contributed by atoms with E-state index in [4.69, 9.17) is 15.2 Å². The lowest BCUT2D eigenvalue weighted by molar-refractivity contribution is 0.110. The van der Waals surface area contributed by atoms with Gasteiger partial charge in [0.15, 0.2) is 11.6 Å². The molecule has 0 unspecified atom stereocenters. The number of anilines is 1. The third-order valence-electron chi connectivity index (χ3n) is 1.71. The first kappa shape index (κ1) is 10.8. The van der Waals surface area contributed by atoms with Gasteiger partial charge in [0.05, 0.1) is 6.61 Å². The average molecular weight is 196 g/mol. The van der Waals surface area contributed by atoms with Gasteiger partial charge in [-0.3, -0.25) is 0 Å². The fraction of sp³-hybridized carbons (Fsp3) is 0.500. The van der Waals surface area contributed by atoms with Crippen LogP contribution in [0.4, 0.5) is 5.82 Å². The van der Waals surface area contributed by atoms with Crippen molar-refractivity contribution in [2.24, 2.45) is 0 Å². The minimum absolute atomic E-state index is 0.432. The van der Waals surface area contributed by atoms with Gasteiger partial charge in [0.1, 0.15) is 6.61 Å². The Balaban J connectivity index is 2.42. The second kappa shape index (κ2) is 5.44. The standard InChI is InChI=1S/C10H16N2O2/c1-3-13-6-7-14-9-5-4-8(2)12-10(9)11/h4-5H,3,6-7H2,1-2H3,(H2,11,12). The highest BCUT2D eigenvalue weighted by molar-refractivity contribution is 5.46. The van der Waals surface area contributed by atoms with E-state index in [-0.39, 0.29) is 0 Å². The van der Waals surface area contributed by atoms with Crippen LogP contribution in [0.25, 0.3) is 0 Å². The van der Waals surface area contributed by atoms with Crippen LogP contribution < -0.4 is 10.5 Å². The zero-order chi connectivity index (χ0) is 10.4. The Morgan fingerprint density at radius 1 is 1.36 bits per heavy atom. The van der Waals surface area contributed by atoms with Gasteiger partial charge in [0, 0.05) is 12.3 Å². The number of hydrogen-bond donors (Lipinski definition) is 1. The maximum Gasteiger partial charge on any atom is 0.166 e. The van der Waals surface area contributed by atoms with Crippen molar-refractivity contribution in [3.63, 3.8) is 0 Å². The smallest absolute Gasteiger partial charge is 0.166 e. The highest BCUT2D eigenvalue weighted by Crippen LogP contribution is 2.18. The first-order valence-electron chi connectivity index (χ1n) is 4.67. The van der Waals surface area contributed by atoms with E-state index in [0.717, 1.165) is 5.69 Å². The summed E-state index contributed by atoms with van der Waals surface area (Å²) in [4.78, 5) is 4.08. The molecule has 1 heterocycles. The number of nitrogen functional groups attached to an aromatic ring is 1. The quantitative estimate of drug-likeness (QED) is 0.723. The zero-order valence-corrected chi connectivity index (χ0v) is 8.62. The molecule has 0 fully saturated rings. The number of nitrogens with two attached hydrogens (primary N) is 1. The van der Waals surface area contributed by atoms with E-state index in [0.29, 0.717) is 31.4 Å². The van der Waals surface area contributed by atoms with Crippen LogP contribution in [-0.4, -0.2) is 24.8 Å². The number of pyridine rings is 1. The predicted molar refractivity (Wildman–Crippen MR) is 55.4 cm³/mol. The Morgan fingerprint density at radius 2 is 2.14 bits per heavy atom. The summed E-state index contributed by atoms with van der Waals surface area (Å²) in [6.07, 6.45) is 0. The molecule has 0 spiro atoms. The van der Waals surface area contributed by atoms with Crippen LogP contribution in [0.1, 0.15) is 12.6 Å². The SMILES string of the molecule is CCOCCOc1ccc(C)nc1N. The van der Waals surface area contributed by atoms with Crippen LogP contribution in [0.3, 0.4) is 0 Å². The molecule has 78 valence electrons. The Labute approximate surface area is 84.0 Å². The van der Waals surface area contributed by atoms with Gasteiger partial charge in [0.2, 0.25) is 0 Å². The molecule has 4 nitrogen and oxygen atoms in total. The van der Waals surface area contributed by atoms with E-state index in [1.54, 1.807) is 0 Å². The van der Waals surface area contributed by atoms with Gasteiger partial charge in [0.25, 0.3) is 0 Å². The maximum atomic E-state index is 5.66. The van der Waals surface area contributed by atoms with Gasteiger partial charge in [-0.05, 0) is 26.0 Å². The third kappa shape index (κ3) is 3.22. The van der Waals surface area contributed by atoms with Gasteiger partial charge < -0.3 is 15.2 Å². The first-order chi connectivity index (χ1) is 6.74. The van der Waals surface area contributed by atoms with Gasteiger partial charge in [-0.1, -0.05) is 0 Å². The Hall–Kier alpha value is -1.29. The normalized spacial score (nSPS) is 10.1. The van der Waals surface area contributed by atoms with Crippen LogP contribution in [-0.2, 0) is 4.74 Å². The van der Waals surface area contributed by atoms with Gasteiger partial charge in [-0.15, -0.1) is 0 Å². The number of rotatable bonds is 5. The summed E-state index contributed by atoms with van der Waals surface area (Å²) < 4.78 is 10.5. The molecule has 1 rings (SSSR count). The number of ether oxygens (including phenoxy) is 2. The number of aryl methyl sites for hydroxylation is 1. The zero-order valence-electron chi connectivity index (χ0n) is 8.62. The number of nitrogens with zero attached hydrogens (tertiary/aromatic N) is 1. The second-order valence-electron chi connectivity index (χ2n) is 2.88. The fourth-order valence-electron chi connectivity index (χ4n) is 1.04. The van der Waals surface area contributed by atoms with E-state index < -0.39 is 0 Å². The van der Waals surface area contributed by atoms with Crippen molar-refractivity contribution in [3.8, 4) is 5.75 Å². The lowest BCUT2D eigenvalue weighted by atomic mass is 10.3.